The summed E-state index contributed by atoms with van der Waals surface area (Å²) in [5.74, 6) is 0.0260. The lowest BCUT2D eigenvalue weighted by molar-refractivity contribution is 0.0879. The van der Waals surface area contributed by atoms with Gasteiger partial charge in [-0.2, -0.15) is 0 Å². The summed E-state index contributed by atoms with van der Waals surface area (Å²) in [6, 6.07) is 5.25. The monoisotopic (exact) mass is 232 g/mol. The van der Waals surface area contributed by atoms with Crippen LogP contribution >= 0.6 is 0 Å². The summed E-state index contributed by atoms with van der Waals surface area (Å²) in [6.07, 6.45) is 1.07. The highest BCUT2D eigenvalue weighted by Gasteiger charge is 2.26. The highest BCUT2D eigenvalue weighted by atomic mass is 16.2. The van der Waals surface area contributed by atoms with E-state index < -0.39 is 0 Å². The van der Waals surface area contributed by atoms with E-state index in [0.717, 1.165) is 18.7 Å². The molecule has 2 N–H and O–H groups in total. The van der Waals surface area contributed by atoms with Crippen molar-refractivity contribution in [1.82, 2.24) is 5.32 Å². The zero-order valence-corrected chi connectivity index (χ0v) is 10.0. The molecule has 0 saturated carbocycles. The van der Waals surface area contributed by atoms with Gasteiger partial charge in [-0.1, -0.05) is 13.8 Å². The topological polar surface area (TPSA) is 58.2 Å². The number of hydrogen-bond donors (Lipinski definition) is 2. The summed E-state index contributed by atoms with van der Waals surface area (Å²) in [7, 11) is 0. The van der Waals surface area contributed by atoms with Gasteiger partial charge in [0.05, 0.1) is 11.1 Å². The molecule has 90 valence electrons. The van der Waals surface area contributed by atoms with Crippen molar-refractivity contribution in [2.24, 2.45) is 5.92 Å². The van der Waals surface area contributed by atoms with Gasteiger partial charge in [0.1, 0.15) is 0 Å². The Morgan fingerprint density at radius 3 is 2.59 bits per heavy atom. The van der Waals surface area contributed by atoms with Crippen LogP contribution in [0.2, 0.25) is 0 Å². The fraction of sp³-hybridized carbons (Fsp3) is 0.385. The molecule has 1 aromatic carbocycles. The molecule has 1 aromatic rings. The van der Waals surface area contributed by atoms with E-state index in [2.05, 4.69) is 24.5 Å². The van der Waals surface area contributed by atoms with E-state index in [1.54, 1.807) is 12.1 Å². The number of anilines is 1. The number of rotatable bonds is 4. The zero-order chi connectivity index (χ0) is 12.4. The Labute approximate surface area is 100 Å². The lowest BCUT2D eigenvalue weighted by atomic mass is 10.1. The van der Waals surface area contributed by atoms with Crippen LogP contribution in [-0.2, 0) is 0 Å². The summed E-state index contributed by atoms with van der Waals surface area (Å²) in [6.45, 7) is 5.19. The molecule has 2 amide bonds. The number of imide groups is 1. The largest absolute Gasteiger partial charge is 0.385 e. The van der Waals surface area contributed by atoms with Crippen LogP contribution in [-0.4, -0.2) is 18.4 Å². The second-order valence-corrected chi connectivity index (χ2v) is 4.65. The minimum absolute atomic E-state index is 0.307. The van der Waals surface area contributed by atoms with Gasteiger partial charge in [0, 0.05) is 12.2 Å². The number of benzene rings is 1. The molecule has 0 aromatic heterocycles. The Morgan fingerprint density at radius 1 is 1.18 bits per heavy atom. The normalized spacial score (nSPS) is 13.8. The van der Waals surface area contributed by atoms with Crippen molar-refractivity contribution in [1.29, 1.82) is 0 Å². The van der Waals surface area contributed by atoms with E-state index in [-0.39, 0.29) is 11.8 Å². The molecule has 1 heterocycles. The van der Waals surface area contributed by atoms with Crippen molar-refractivity contribution in [3.8, 4) is 0 Å². The van der Waals surface area contributed by atoms with Gasteiger partial charge in [0.15, 0.2) is 0 Å². The average molecular weight is 232 g/mol. The SMILES string of the molecule is CC(C)CCNc1ccc2c(c1)C(=O)NC2=O. The van der Waals surface area contributed by atoms with Crippen molar-refractivity contribution in [3.63, 3.8) is 0 Å². The Balaban J connectivity index is 2.09. The summed E-state index contributed by atoms with van der Waals surface area (Å²) >= 11 is 0. The fourth-order valence-corrected chi connectivity index (χ4v) is 1.78. The van der Waals surface area contributed by atoms with Gasteiger partial charge >= 0.3 is 0 Å². The fourth-order valence-electron chi connectivity index (χ4n) is 1.78. The van der Waals surface area contributed by atoms with E-state index in [9.17, 15) is 9.59 Å². The minimum atomic E-state index is -0.308. The molecule has 0 bridgehead atoms. The maximum atomic E-state index is 11.5. The number of nitrogens with one attached hydrogen (secondary N) is 2. The average Bonchev–Trinajstić information content (AvgIpc) is 2.54. The Bertz CT molecular complexity index is 466. The third-order valence-electron chi connectivity index (χ3n) is 2.79. The summed E-state index contributed by atoms with van der Waals surface area (Å²) in [5.41, 5.74) is 1.81. The van der Waals surface area contributed by atoms with Gasteiger partial charge in [-0.25, -0.2) is 0 Å². The molecule has 0 unspecified atom stereocenters. The Morgan fingerprint density at radius 2 is 1.88 bits per heavy atom. The van der Waals surface area contributed by atoms with Crippen molar-refractivity contribution >= 4 is 17.5 Å². The molecular formula is C13H16N2O2. The predicted octanol–water partition coefficient (Wildman–Crippen LogP) is 2.03. The van der Waals surface area contributed by atoms with E-state index in [4.69, 9.17) is 0 Å². The Hall–Kier alpha value is -1.84. The lowest BCUT2D eigenvalue weighted by Crippen LogP contribution is -2.19. The summed E-state index contributed by atoms with van der Waals surface area (Å²) < 4.78 is 0. The van der Waals surface area contributed by atoms with Crippen molar-refractivity contribution < 1.29 is 9.59 Å². The van der Waals surface area contributed by atoms with Gasteiger partial charge in [-0.05, 0) is 30.5 Å². The number of fused-ring (bicyclic) bond motifs is 1. The minimum Gasteiger partial charge on any atom is -0.385 e. The standard InChI is InChI=1S/C13H16N2O2/c1-8(2)5-6-14-9-3-4-10-11(7-9)13(17)15-12(10)16/h3-4,7-8,14H,5-6H2,1-2H3,(H,15,16,17). The molecule has 0 fully saturated rings. The van der Waals surface area contributed by atoms with Gasteiger partial charge in [-0.3, -0.25) is 14.9 Å². The van der Waals surface area contributed by atoms with Gasteiger partial charge in [-0.15, -0.1) is 0 Å². The molecular weight excluding hydrogens is 216 g/mol. The van der Waals surface area contributed by atoms with Crippen LogP contribution in [0.1, 0.15) is 41.0 Å². The van der Waals surface area contributed by atoms with Gasteiger partial charge < -0.3 is 5.32 Å². The van der Waals surface area contributed by atoms with E-state index in [1.807, 2.05) is 6.07 Å². The molecule has 2 rings (SSSR count). The maximum Gasteiger partial charge on any atom is 0.259 e. The van der Waals surface area contributed by atoms with E-state index in [0.29, 0.717) is 17.0 Å². The molecule has 0 aliphatic carbocycles. The third kappa shape index (κ3) is 2.46. The molecule has 4 nitrogen and oxygen atoms in total. The highest BCUT2D eigenvalue weighted by Crippen LogP contribution is 2.20. The molecule has 0 spiro atoms. The summed E-state index contributed by atoms with van der Waals surface area (Å²) in [5, 5.41) is 5.53. The first-order chi connectivity index (χ1) is 8.08. The molecule has 1 aliphatic rings. The second-order valence-electron chi connectivity index (χ2n) is 4.65. The van der Waals surface area contributed by atoms with Crippen LogP contribution in [0, 0.1) is 5.92 Å². The highest BCUT2D eigenvalue weighted by molar-refractivity contribution is 6.21. The number of hydrogen-bond acceptors (Lipinski definition) is 3. The zero-order valence-electron chi connectivity index (χ0n) is 10.0. The first-order valence-electron chi connectivity index (χ1n) is 5.81. The van der Waals surface area contributed by atoms with Crippen LogP contribution in [0.5, 0.6) is 0 Å². The number of amides is 2. The maximum absolute atomic E-state index is 11.5. The third-order valence-corrected chi connectivity index (χ3v) is 2.79. The molecule has 1 aliphatic heterocycles. The Kier molecular flexibility index (Phi) is 3.13. The van der Waals surface area contributed by atoms with Crippen LogP contribution in [0.3, 0.4) is 0 Å². The lowest BCUT2D eigenvalue weighted by Gasteiger charge is -2.08. The van der Waals surface area contributed by atoms with Crippen LogP contribution < -0.4 is 10.6 Å². The molecule has 0 saturated heterocycles. The van der Waals surface area contributed by atoms with Crippen molar-refractivity contribution in [2.75, 3.05) is 11.9 Å². The predicted molar refractivity (Wildman–Crippen MR) is 66.2 cm³/mol. The first kappa shape index (κ1) is 11.6. The van der Waals surface area contributed by atoms with E-state index in [1.165, 1.54) is 0 Å². The van der Waals surface area contributed by atoms with Gasteiger partial charge in [0.2, 0.25) is 0 Å². The molecule has 4 heteroatoms. The molecule has 17 heavy (non-hydrogen) atoms. The van der Waals surface area contributed by atoms with Crippen molar-refractivity contribution in [2.45, 2.75) is 20.3 Å². The van der Waals surface area contributed by atoms with Gasteiger partial charge in [0.25, 0.3) is 11.8 Å². The van der Waals surface area contributed by atoms with E-state index >= 15 is 0 Å². The molecule has 0 atom stereocenters. The summed E-state index contributed by atoms with van der Waals surface area (Å²) in [4.78, 5) is 22.8. The van der Waals surface area contributed by atoms with Crippen LogP contribution in [0.25, 0.3) is 0 Å². The molecule has 0 radical (unpaired) electrons. The number of carbonyl (C=O) groups is 2. The van der Waals surface area contributed by atoms with Crippen LogP contribution in [0.15, 0.2) is 18.2 Å². The van der Waals surface area contributed by atoms with Crippen LogP contribution in [0.4, 0.5) is 5.69 Å². The smallest absolute Gasteiger partial charge is 0.259 e. The number of carbonyl (C=O) groups excluding carboxylic acids is 2. The van der Waals surface area contributed by atoms with Crippen molar-refractivity contribution in [3.05, 3.63) is 29.3 Å². The second kappa shape index (κ2) is 4.57. The quantitative estimate of drug-likeness (QED) is 0.781. The first-order valence-corrected chi connectivity index (χ1v) is 5.81.